The lowest BCUT2D eigenvalue weighted by atomic mass is 10.1. The predicted octanol–water partition coefficient (Wildman–Crippen LogP) is -2.15. The Labute approximate surface area is 149 Å². The Bertz CT molecular complexity index is 874. The molecule has 4 atom stereocenters. The molecular formula is C10H13IN6O6S. The van der Waals surface area contributed by atoms with E-state index in [0.29, 0.717) is 14.7 Å². The molecule has 6 N–H and O–H groups in total. The molecule has 0 unspecified atom stereocenters. The number of anilines is 1. The van der Waals surface area contributed by atoms with Crippen LogP contribution in [-0.4, -0.2) is 63.3 Å². The van der Waals surface area contributed by atoms with Crippen LogP contribution >= 0.6 is 22.6 Å². The minimum absolute atomic E-state index is 0.206. The molecule has 1 aliphatic heterocycles. The van der Waals surface area contributed by atoms with Crippen LogP contribution in [0.4, 0.5) is 5.82 Å². The molecule has 2 aromatic heterocycles. The van der Waals surface area contributed by atoms with Crippen molar-refractivity contribution in [3.05, 3.63) is 10.0 Å². The Morgan fingerprint density at radius 2 is 2.08 bits per heavy atom. The van der Waals surface area contributed by atoms with Crippen LogP contribution in [0.25, 0.3) is 11.0 Å². The lowest BCUT2D eigenvalue weighted by Crippen LogP contribution is -2.35. The number of hydrogen-bond acceptors (Lipinski definition) is 10. The standard InChI is InChI=1S/C10H13IN6O6S/c11-7-4-8(12)14-2-15-9(4)17(16-7)10-6(19)5(18)3(23-10)1-22-24(13,20)21/h2-3,5-6,10,18-19H,1H2,(H2,12,14,15)(H2,13,20,21)/t3-,5-,6-,10-/m1/s1. The Kier molecular flexibility index (Phi) is 4.62. The summed E-state index contributed by atoms with van der Waals surface area (Å²) in [5.74, 6) is 0.206. The summed E-state index contributed by atoms with van der Waals surface area (Å²) in [5.41, 5.74) is 6.09. The predicted molar refractivity (Wildman–Crippen MR) is 87.4 cm³/mol. The van der Waals surface area contributed by atoms with Gasteiger partial charge >= 0.3 is 10.3 Å². The second-order valence-electron chi connectivity index (χ2n) is 5.02. The highest BCUT2D eigenvalue weighted by Gasteiger charge is 2.45. The minimum atomic E-state index is -4.20. The average Bonchev–Trinajstić information content (AvgIpc) is 2.96. The van der Waals surface area contributed by atoms with Crippen molar-refractivity contribution < 1.29 is 27.6 Å². The Morgan fingerprint density at radius 1 is 1.38 bits per heavy atom. The average molecular weight is 472 g/mol. The van der Waals surface area contributed by atoms with Gasteiger partial charge in [0.2, 0.25) is 0 Å². The van der Waals surface area contributed by atoms with Crippen molar-refractivity contribution in [2.24, 2.45) is 5.14 Å². The van der Waals surface area contributed by atoms with Gasteiger partial charge in [-0.3, -0.25) is 4.18 Å². The first-order chi connectivity index (χ1) is 11.2. The second-order valence-corrected chi connectivity index (χ2v) is 7.26. The highest BCUT2D eigenvalue weighted by Crippen LogP contribution is 2.33. The fraction of sp³-hybridized carbons (Fsp3) is 0.500. The maximum Gasteiger partial charge on any atom is 0.333 e. The van der Waals surface area contributed by atoms with E-state index < -0.39 is 41.5 Å². The van der Waals surface area contributed by atoms with Gasteiger partial charge in [0.25, 0.3) is 0 Å². The molecule has 0 bridgehead atoms. The third-order valence-corrected chi connectivity index (χ3v) is 4.67. The lowest BCUT2D eigenvalue weighted by molar-refractivity contribution is -0.0528. The summed E-state index contributed by atoms with van der Waals surface area (Å²) in [7, 11) is -4.20. The van der Waals surface area contributed by atoms with Gasteiger partial charge in [-0.25, -0.2) is 19.8 Å². The molecule has 132 valence electrons. The van der Waals surface area contributed by atoms with Gasteiger partial charge in [0, 0.05) is 0 Å². The summed E-state index contributed by atoms with van der Waals surface area (Å²) < 4.78 is 33.3. The third kappa shape index (κ3) is 3.17. The molecule has 1 fully saturated rings. The number of ether oxygens (including phenoxy) is 1. The van der Waals surface area contributed by atoms with Crippen molar-refractivity contribution in [1.29, 1.82) is 0 Å². The van der Waals surface area contributed by atoms with Crippen LogP contribution in [0.15, 0.2) is 6.33 Å². The highest BCUT2D eigenvalue weighted by molar-refractivity contribution is 14.1. The van der Waals surface area contributed by atoms with Gasteiger partial charge in [0.15, 0.2) is 11.9 Å². The van der Waals surface area contributed by atoms with Gasteiger partial charge in [-0.2, -0.15) is 13.5 Å². The van der Waals surface area contributed by atoms with Crippen molar-refractivity contribution in [3.8, 4) is 0 Å². The number of fused-ring (bicyclic) bond motifs is 1. The molecule has 0 aromatic carbocycles. The quantitative estimate of drug-likeness (QED) is 0.357. The monoisotopic (exact) mass is 472 g/mol. The zero-order valence-electron chi connectivity index (χ0n) is 11.9. The van der Waals surface area contributed by atoms with Crippen molar-refractivity contribution >= 4 is 49.7 Å². The first kappa shape index (κ1) is 17.6. The van der Waals surface area contributed by atoms with Gasteiger partial charge in [0.1, 0.15) is 34.2 Å². The van der Waals surface area contributed by atoms with Gasteiger partial charge in [-0.05, 0) is 22.6 Å². The van der Waals surface area contributed by atoms with Crippen molar-refractivity contribution in [3.63, 3.8) is 0 Å². The fourth-order valence-electron chi connectivity index (χ4n) is 2.36. The Balaban J connectivity index is 1.92. The molecule has 14 heteroatoms. The maximum absolute atomic E-state index is 10.8. The summed E-state index contributed by atoms with van der Waals surface area (Å²) in [5, 5.41) is 29.6. The van der Waals surface area contributed by atoms with Crippen LogP contribution < -0.4 is 10.9 Å². The number of nitrogens with two attached hydrogens (primary N) is 2. The number of halogens is 1. The molecule has 3 rings (SSSR count). The molecule has 0 spiro atoms. The summed E-state index contributed by atoms with van der Waals surface area (Å²) in [6, 6.07) is 0. The fourth-order valence-corrected chi connectivity index (χ4v) is 3.43. The zero-order chi connectivity index (χ0) is 17.6. The number of aliphatic hydroxyl groups is 2. The molecule has 0 amide bonds. The van der Waals surface area contributed by atoms with Crippen LogP contribution in [0.2, 0.25) is 0 Å². The van der Waals surface area contributed by atoms with Crippen LogP contribution in [-0.2, 0) is 19.2 Å². The summed E-state index contributed by atoms with van der Waals surface area (Å²) in [6.07, 6.45) is -3.82. The van der Waals surface area contributed by atoms with E-state index in [-0.39, 0.29) is 5.82 Å². The van der Waals surface area contributed by atoms with Crippen molar-refractivity contribution in [2.75, 3.05) is 12.3 Å². The van der Waals surface area contributed by atoms with E-state index in [1.54, 1.807) is 0 Å². The van der Waals surface area contributed by atoms with Gasteiger partial charge in [-0.1, -0.05) is 0 Å². The molecule has 0 radical (unpaired) electrons. The normalized spacial score (nSPS) is 27.8. The summed E-state index contributed by atoms with van der Waals surface area (Å²) in [4.78, 5) is 7.93. The summed E-state index contributed by atoms with van der Waals surface area (Å²) >= 11 is 1.92. The minimum Gasteiger partial charge on any atom is -0.387 e. The maximum atomic E-state index is 10.8. The third-order valence-electron chi connectivity index (χ3n) is 3.45. The van der Waals surface area contributed by atoms with E-state index in [9.17, 15) is 18.6 Å². The first-order valence-electron chi connectivity index (χ1n) is 6.52. The molecular weight excluding hydrogens is 459 g/mol. The largest absolute Gasteiger partial charge is 0.387 e. The number of nitrogen functional groups attached to an aromatic ring is 1. The smallest absolute Gasteiger partial charge is 0.333 e. The lowest BCUT2D eigenvalue weighted by Gasteiger charge is -2.15. The molecule has 3 heterocycles. The van der Waals surface area contributed by atoms with Gasteiger partial charge in [0.05, 0.1) is 12.0 Å². The van der Waals surface area contributed by atoms with E-state index >= 15 is 0 Å². The SMILES string of the molecule is Nc1ncnc2c1c(I)nn2[C@@H]1O[C@H](COS(N)(=O)=O)[C@@H](O)[C@H]1O. The number of rotatable bonds is 4. The second kappa shape index (κ2) is 6.28. The van der Waals surface area contributed by atoms with E-state index in [4.69, 9.17) is 15.6 Å². The van der Waals surface area contributed by atoms with Crippen LogP contribution in [0.3, 0.4) is 0 Å². The first-order valence-corrected chi connectivity index (χ1v) is 9.07. The van der Waals surface area contributed by atoms with Crippen molar-refractivity contribution in [1.82, 2.24) is 19.7 Å². The molecule has 12 nitrogen and oxygen atoms in total. The van der Waals surface area contributed by atoms with Gasteiger partial charge in [-0.15, -0.1) is 0 Å². The molecule has 2 aromatic rings. The van der Waals surface area contributed by atoms with Crippen LogP contribution in [0.1, 0.15) is 6.23 Å². The number of nitrogens with zero attached hydrogens (tertiary/aromatic N) is 4. The van der Waals surface area contributed by atoms with E-state index in [2.05, 4.69) is 19.2 Å². The van der Waals surface area contributed by atoms with E-state index in [0.717, 1.165) is 0 Å². The number of aliphatic hydroxyl groups excluding tert-OH is 2. The van der Waals surface area contributed by atoms with Crippen molar-refractivity contribution in [2.45, 2.75) is 24.5 Å². The highest BCUT2D eigenvalue weighted by atomic mass is 127. The topological polar surface area (TPSA) is 189 Å². The molecule has 24 heavy (non-hydrogen) atoms. The Morgan fingerprint density at radius 3 is 2.75 bits per heavy atom. The summed E-state index contributed by atoms with van der Waals surface area (Å²) in [6.45, 7) is -0.555. The van der Waals surface area contributed by atoms with E-state index in [1.165, 1.54) is 11.0 Å². The zero-order valence-corrected chi connectivity index (χ0v) is 14.8. The molecule has 1 saturated heterocycles. The van der Waals surface area contributed by atoms with Gasteiger partial charge < -0.3 is 20.7 Å². The van der Waals surface area contributed by atoms with Crippen LogP contribution in [0.5, 0.6) is 0 Å². The van der Waals surface area contributed by atoms with E-state index in [1.807, 2.05) is 22.6 Å². The van der Waals surface area contributed by atoms with Crippen LogP contribution in [0, 0.1) is 3.70 Å². The Hall–Kier alpha value is -1.17. The number of hydrogen-bond donors (Lipinski definition) is 4. The molecule has 0 aliphatic carbocycles. The molecule has 1 aliphatic rings. The number of aromatic nitrogens is 4. The molecule has 0 saturated carbocycles.